The van der Waals surface area contributed by atoms with E-state index in [1.54, 1.807) is 19.2 Å². The minimum atomic E-state index is -0.256. The van der Waals surface area contributed by atoms with E-state index in [4.69, 9.17) is 10.5 Å². The average molecular weight is 294 g/mol. The Kier molecular flexibility index (Phi) is 6.15. The first-order valence-corrected chi connectivity index (χ1v) is 7.83. The van der Waals surface area contributed by atoms with Gasteiger partial charge in [0.05, 0.1) is 6.61 Å². The van der Waals surface area contributed by atoms with Crippen LogP contribution in [0.25, 0.3) is 0 Å². The van der Waals surface area contributed by atoms with Gasteiger partial charge in [0.25, 0.3) is 0 Å². The number of piperidine rings is 1. The lowest BCUT2D eigenvalue weighted by atomic mass is 9.92. The first-order chi connectivity index (χ1) is 10.1. The van der Waals surface area contributed by atoms with Gasteiger partial charge in [0, 0.05) is 31.8 Å². The predicted molar refractivity (Wildman–Crippen MR) is 83.5 cm³/mol. The van der Waals surface area contributed by atoms with Gasteiger partial charge >= 0.3 is 0 Å². The van der Waals surface area contributed by atoms with Crippen LogP contribution in [0.2, 0.25) is 0 Å². The van der Waals surface area contributed by atoms with Crippen molar-refractivity contribution in [3.8, 4) is 0 Å². The van der Waals surface area contributed by atoms with Gasteiger partial charge in [-0.05, 0) is 37.3 Å². The Hall–Kier alpha value is -0.970. The van der Waals surface area contributed by atoms with Crippen LogP contribution in [0, 0.1) is 17.7 Å². The molecule has 0 aromatic heterocycles. The molecule has 1 saturated heterocycles. The summed E-state index contributed by atoms with van der Waals surface area (Å²) < 4.78 is 19.1. The van der Waals surface area contributed by atoms with E-state index in [9.17, 15) is 4.39 Å². The van der Waals surface area contributed by atoms with Crippen molar-refractivity contribution in [1.82, 2.24) is 4.90 Å². The molecule has 1 fully saturated rings. The number of benzene rings is 1. The number of hydrogen-bond donors (Lipinski definition) is 1. The Labute approximate surface area is 127 Å². The quantitative estimate of drug-likeness (QED) is 0.877. The zero-order valence-corrected chi connectivity index (χ0v) is 13.1. The van der Waals surface area contributed by atoms with Crippen molar-refractivity contribution < 1.29 is 9.13 Å². The fraction of sp³-hybridized carbons (Fsp3) is 0.647. The van der Waals surface area contributed by atoms with Crippen LogP contribution in [-0.4, -0.2) is 38.3 Å². The van der Waals surface area contributed by atoms with E-state index in [-0.39, 0.29) is 17.8 Å². The third-order valence-electron chi connectivity index (χ3n) is 4.43. The van der Waals surface area contributed by atoms with Gasteiger partial charge in [0.1, 0.15) is 5.82 Å². The van der Waals surface area contributed by atoms with E-state index in [0.717, 1.165) is 26.2 Å². The van der Waals surface area contributed by atoms with Crippen LogP contribution in [-0.2, 0) is 4.74 Å². The molecule has 4 heteroatoms. The van der Waals surface area contributed by atoms with Crippen molar-refractivity contribution in [3.63, 3.8) is 0 Å². The fourth-order valence-corrected chi connectivity index (χ4v) is 3.26. The summed E-state index contributed by atoms with van der Waals surface area (Å²) >= 11 is 0. The molecule has 1 aliphatic heterocycles. The average Bonchev–Trinajstić information content (AvgIpc) is 2.48. The summed E-state index contributed by atoms with van der Waals surface area (Å²) in [6.45, 7) is 6.01. The van der Waals surface area contributed by atoms with Crippen LogP contribution < -0.4 is 5.73 Å². The summed E-state index contributed by atoms with van der Waals surface area (Å²) in [5.41, 5.74) is 6.88. The maximum atomic E-state index is 13.8. The molecule has 0 bridgehead atoms. The van der Waals surface area contributed by atoms with E-state index in [0.29, 0.717) is 11.5 Å². The molecule has 1 aromatic carbocycles. The maximum Gasteiger partial charge on any atom is 0.127 e. The molecule has 21 heavy (non-hydrogen) atoms. The number of methoxy groups -OCH3 is 1. The van der Waals surface area contributed by atoms with Gasteiger partial charge < -0.3 is 15.4 Å². The van der Waals surface area contributed by atoms with E-state index in [1.807, 2.05) is 6.07 Å². The molecule has 118 valence electrons. The Morgan fingerprint density at radius 2 is 2.19 bits per heavy atom. The van der Waals surface area contributed by atoms with Gasteiger partial charge in [-0.25, -0.2) is 4.39 Å². The van der Waals surface area contributed by atoms with Crippen LogP contribution >= 0.6 is 0 Å². The Morgan fingerprint density at radius 1 is 1.43 bits per heavy atom. The second-order valence-electron chi connectivity index (χ2n) is 6.25. The van der Waals surface area contributed by atoms with Crippen LogP contribution in [0.4, 0.5) is 4.39 Å². The number of rotatable bonds is 6. The molecule has 2 rings (SSSR count). The topological polar surface area (TPSA) is 38.5 Å². The van der Waals surface area contributed by atoms with E-state index in [1.165, 1.54) is 18.9 Å². The Morgan fingerprint density at radius 3 is 2.90 bits per heavy atom. The number of halogens is 1. The molecule has 3 nitrogen and oxygen atoms in total. The van der Waals surface area contributed by atoms with Crippen LogP contribution in [0.3, 0.4) is 0 Å². The molecule has 0 spiro atoms. The third kappa shape index (κ3) is 4.50. The second-order valence-corrected chi connectivity index (χ2v) is 6.25. The van der Waals surface area contributed by atoms with Gasteiger partial charge in [-0.15, -0.1) is 0 Å². The molecule has 3 unspecified atom stereocenters. The zero-order chi connectivity index (χ0) is 15.2. The molecular weight excluding hydrogens is 267 g/mol. The van der Waals surface area contributed by atoms with Crippen LogP contribution in [0.1, 0.15) is 31.4 Å². The van der Waals surface area contributed by atoms with E-state index >= 15 is 0 Å². The van der Waals surface area contributed by atoms with E-state index in [2.05, 4.69) is 11.8 Å². The SMILES string of the molecule is COCC1CCCN(CC(C)C(N)c2ccccc2F)C1. The predicted octanol–water partition coefficient (Wildman–Crippen LogP) is 2.82. The van der Waals surface area contributed by atoms with Crippen molar-refractivity contribution in [2.45, 2.75) is 25.8 Å². The van der Waals surface area contributed by atoms with Gasteiger partial charge in [-0.2, -0.15) is 0 Å². The molecule has 1 heterocycles. The van der Waals surface area contributed by atoms with Gasteiger partial charge in [0.15, 0.2) is 0 Å². The van der Waals surface area contributed by atoms with Gasteiger partial charge in [-0.3, -0.25) is 0 Å². The van der Waals surface area contributed by atoms with Crippen molar-refractivity contribution in [2.75, 3.05) is 33.4 Å². The standard InChI is InChI=1S/C17H27FN2O/c1-13(17(19)15-7-3-4-8-16(15)18)10-20-9-5-6-14(11-20)12-21-2/h3-4,7-8,13-14,17H,5-6,9-12,19H2,1-2H3. The molecule has 0 amide bonds. The second kappa shape index (κ2) is 7.87. The lowest BCUT2D eigenvalue weighted by molar-refractivity contribution is 0.0816. The summed E-state index contributed by atoms with van der Waals surface area (Å²) in [6.07, 6.45) is 2.44. The number of nitrogens with two attached hydrogens (primary N) is 1. The van der Waals surface area contributed by atoms with Crippen molar-refractivity contribution in [1.29, 1.82) is 0 Å². The smallest absolute Gasteiger partial charge is 0.127 e. The molecule has 0 saturated carbocycles. The molecule has 1 aliphatic rings. The highest BCUT2D eigenvalue weighted by Crippen LogP contribution is 2.25. The van der Waals surface area contributed by atoms with Crippen LogP contribution in [0.5, 0.6) is 0 Å². The first-order valence-electron chi connectivity index (χ1n) is 7.83. The lowest BCUT2D eigenvalue weighted by Crippen LogP contribution is -2.41. The maximum absolute atomic E-state index is 13.8. The van der Waals surface area contributed by atoms with Crippen molar-refractivity contribution in [3.05, 3.63) is 35.6 Å². The molecule has 3 atom stereocenters. The molecule has 2 N–H and O–H groups in total. The number of ether oxygens (including phenoxy) is 1. The molecule has 1 aromatic rings. The Bertz CT molecular complexity index is 439. The molecular formula is C17H27FN2O. The molecule has 0 radical (unpaired) electrons. The molecule has 0 aliphatic carbocycles. The van der Waals surface area contributed by atoms with Gasteiger partial charge in [-0.1, -0.05) is 25.1 Å². The summed E-state index contributed by atoms with van der Waals surface area (Å²) in [4.78, 5) is 2.44. The minimum absolute atomic E-state index is 0.201. The highest BCUT2D eigenvalue weighted by atomic mass is 19.1. The monoisotopic (exact) mass is 294 g/mol. The minimum Gasteiger partial charge on any atom is -0.384 e. The Balaban J connectivity index is 1.91. The largest absolute Gasteiger partial charge is 0.384 e. The third-order valence-corrected chi connectivity index (χ3v) is 4.43. The highest BCUT2D eigenvalue weighted by Gasteiger charge is 2.24. The van der Waals surface area contributed by atoms with Crippen molar-refractivity contribution >= 4 is 0 Å². The van der Waals surface area contributed by atoms with Crippen LogP contribution in [0.15, 0.2) is 24.3 Å². The summed E-state index contributed by atoms with van der Waals surface area (Å²) in [6, 6.07) is 6.57. The zero-order valence-electron chi connectivity index (χ0n) is 13.1. The number of hydrogen-bond acceptors (Lipinski definition) is 3. The summed E-state index contributed by atoms with van der Waals surface area (Å²) in [7, 11) is 1.76. The summed E-state index contributed by atoms with van der Waals surface area (Å²) in [5.74, 6) is 0.636. The van der Waals surface area contributed by atoms with Crippen molar-refractivity contribution in [2.24, 2.45) is 17.6 Å². The van der Waals surface area contributed by atoms with Gasteiger partial charge in [0.2, 0.25) is 0 Å². The fourth-order valence-electron chi connectivity index (χ4n) is 3.26. The highest BCUT2D eigenvalue weighted by molar-refractivity contribution is 5.21. The summed E-state index contributed by atoms with van der Waals surface area (Å²) in [5, 5.41) is 0. The number of likely N-dealkylation sites (tertiary alicyclic amines) is 1. The van der Waals surface area contributed by atoms with E-state index < -0.39 is 0 Å². The first kappa shape index (κ1) is 16.4. The lowest BCUT2D eigenvalue weighted by Gasteiger charge is -2.35. The normalized spacial score (nSPS) is 23.0. The number of nitrogens with zero attached hydrogens (tertiary/aromatic N) is 1.